The molecule has 92 valence electrons. The van der Waals surface area contributed by atoms with E-state index in [1.807, 2.05) is 11.8 Å². The van der Waals surface area contributed by atoms with E-state index in [2.05, 4.69) is 5.32 Å². The SMILES string of the molecule is COC(=O)C1(C2CCSCC2)CCCCN1. The molecule has 2 aliphatic heterocycles. The number of rotatable bonds is 2. The summed E-state index contributed by atoms with van der Waals surface area (Å²) in [5.41, 5.74) is -0.367. The van der Waals surface area contributed by atoms with Crippen molar-refractivity contribution in [2.45, 2.75) is 37.6 Å². The van der Waals surface area contributed by atoms with Crippen LogP contribution in [0.3, 0.4) is 0 Å². The van der Waals surface area contributed by atoms with Crippen LogP contribution in [0.1, 0.15) is 32.1 Å². The molecule has 1 N–H and O–H groups in total. The van der Waals surface area contributed by atoms with Gasteiger partial charge in [-0.25, -0.2) is 0 Å². The van der Waals surface area contributed by atoms with E-state index >= 15 is 0 Å². The minimum Gasteiger partial charge on any atom is -0.468 e. The first kappa shape index (κ1) is 12.2. The minimum absolute atomic E-state index is 0.0379. The fourth-order valence-electron chi connectivity index (χ4n) is 2.99. The third-order valence-electron chi connectivity index (χ3n) is 3.91. The molecule has 1 atom stereocenters. The van der Waals surface area contributed by atoms with Crippen molar-refractivity contribution in [2.24, 2.45) is 5.92 Å². The number of methoxy groups -OCH3 is 1. The first-order chi connectivity index (χ1) is 7.79. The van der Waals surface area contributed by atoms with Crippen molar-refractivity contribution in [3.05, 3.63) is 0 Å². The van der Waals surface area contributed by atoms with Gasteiger partial charge in [-0.15, -0.1) is 0 Å². The lowest BCUT2D eigenvalue weighted by Gasteiger charge is -2.43. The summed E-state index contributed by atoms with van der Waals surface area (Å²) in [4.78, 5) is 12.1. The smallest absolute Gasteiger partial charge is 0.326 e. The molecule has 1 unspecified atom stereocenters. The highest BCUT2D eigenvalue weighted by molar-refractivity contribution is 7.99. The van der Waals surface area contributed by atoms with Gasteiger partial charge in [-0.2, -0.15) is 11.8 Å². The Morgan fingerprint density at radius 3 is 2.69 bits per heavy atom. The number of piperidine rings is 1. The van der Waals surface area contributed by atoms with Crippen LogP contribution < -0.4 is 5.32 Å². The van der Waals surface area contributed by atoms with Gasteiger partial charge in [-0.1, -0.05) is 0 Å². The number of carbonyl (C=O) groups is 1. The summed E-state index contributed by atoms with van der Waals surface area (Å²) in [5, 5.41) is 3.47. The molecule has 0 bridgehead atoms. The standard InChI is InChI=1S/C12H21NO2S/c1-15-11(14)12(6-2-3-7-13-12)10-4-8-16-9-5-10/h10,13H,2-9H2,1H3. The van der Waals surface area contributed by atoms with Gasteiger partial charge in [0.15, 0.2) is 0 Å². The molecule has 2 heterocycles. The molecule has 0 saturated carbocycles. The van der Waals surface area contributed by atoms with Gasteiger partial charge in [0, 0.05) is 0 Å². The highest BCUT2D eigenvalue weighted by Crippen LogP contribution is 2.37. The van der Waals surface area contributed by atoms with E-state index in [-0.39, 0.29) is 11.5 Å². The predicted octanol–water partition coefficient (Wildman–Crippen LogP) is 1.81. The van der Waals surface area contributed by atoms with Crippen molar-refractivity contribution < 1.29 is 9.53 Å². The molecule has 4 heteroatoms. The number of esters is 1. The van der Waals surface area contributed by atoms with E-state index in [0.717, 1.165) is 32.2 Å². The van der Waals surface area contributed by atoms with Gasteiger partial charge in [0.25, 0.3) is 0 Å². The molecule has 2 rings (SSSR count). The number of hydrogen-bond donors (Lipinski definition) is 1. The van der Waals surface area contributed by atoms with Gasteiger partial charge in [0.2, 0.25) is 0 Å². The summed E-state index contributed by atoms with van der Waals surface area (Å²) in [6.07, 6.45) is 5.57. The quantitative estimate of drug-likeness (QED) is 0.751. The summed E-state index contributed by atoms with van der Waals surface area (Å²) in [6.45, 7) is 0.957. The topological polar surface area (TPSA) is 38.3 Å². The van der Waals surface area contributed by atoms with Crippen LogP contribution in [0.4, 0.5) is 0 Å². The van der Waals surface area contributed by atoms with Crippen LogP contribution in [0, 0.1) is 5.92 Å². The number of ether oxygens (including phenoxy) is 1. The van der Waals surface area contributed by atoms with Crippen LogP contribution in [-0.4, -0.2) is 36.7 Å². The molecule has 0 spiro atoms. The summed E-state index contributed by atoms with van der Waals surface area (Å²) >= 11 is 2.00. The minimum atomic E-state index is -0.367. The molecule has 0 aromatic carbocycles. The highest BCUT2D eigenvalue weighted by Gasteiger charge is 2.47. The molecule has 3 nitrogen and oxygen atoms in total. The maximum atomic E-state index is 12.1. The van der Waals surface area contributed by atoms with Crippen molar-refractivity contribution in [3.8, 4) is 0 Å². The van der Waals surface area contributed by atoms with Gasteiger partial charge in [0.05, 0.1) is 7.11 Å². The van der Waals surface area contributed by atoms with E-state index in [4.69, 9.17) is 4.74 Å². The Morgan fingerprint density at radius 1 is 1.38 bits per heavy atom. The van der Waals surface area contributed by atoms with Crippen molar-refractivity contribution >= 4 is 17.7 Å². The zero-order chi connectivity index (χ0) is 11.4. The van der Waals surface area contributed by atoms with Crippen molar-refractivity contribution in [3.63, 3.8) is 0 Å². The Kier molecular flexibility index (Phi) is 4.14. The lowest BCUT2D eigenvalue weighted by Crippen LogP contribution is -2.60. The van der Waals surface area contributed by atoms with Gasteiger partial charge >= 0.3 is 5.97 Å². The van der Waals surface area contributed by atoms with E-state index in [9.17, 15) is 4.79 Å². The molecular weight excluding hydrogens is 222 g/mol. The van der Waals surface area contributed by atoms with Crippen molar-refractivity contribution in [1.82, 2.24) is 5.32 Å². The van der Waals surface area contributed by atoms with E-state index in [1.54, 1.807) is 0 Å². The van der Waals surface area contributed by atoms with Crippen LogP contribution in [0.15, 0.2) is 0 Å². The fraction of sp³-hybridized carbons (Fsp3) is 0.917. The molecule has 16 heavy (non-hydrogen) atoms. The van der Waals surface area contributed by atoms with E-state index < -0.39 is 0 Å². The predicted molar refractivity (Wildman–Crippen MR) is 66.6 cm³/mol. The largest absolute Gasteiger partial charge is 0.468 e. The third kappa shape index (κ3) is 2.23. The Labute approximate surface area is 102 Å². The average molecular weight is 243 g/mol. The lowest BCUT2D eigenvalue weighted by atomic mass is 9.74. The lowest BCUT2D eigenvalue weighted by molar-refractivity contribution is -0.153. The summed E-state index contributed by atoms with van der Waals surface area (Å²) in [6, 6.07) is 0. The molecule has 2 fully saturated rings. The Balaban J connectivity index is 2.14. The highest BCUT2D eigenvalue weighted by atomic mass is 32.2. The number of hydrogen-bond acceptors (Lipinski definition) is 4. The maximum Gasteiger partial charge on any atom is 0.326 e. The van der Waals surface area contributed by atoms with Crippen LogP contribution >= 0.6 is 11.8 Å². The molecule has 2 saturated heterocycles. The van der Waals surface area contributed by atoms with Gasteiger partial charge in [-0.05, 0) is 56.1 Å². The molecule has 0 amide bonds. The second-order valence-electron chi connectivity index (χ2n) is 4.73. The summed E-state index contributed by atoms with van der Waals surface area (Å²) < 4.78 is 5.04. The summed E-state index contributed by atoms with van der Waals surface area (Å²) in [7, 11) is 1.51. The molecule has 2 aliphatic rings. The molecule has 0 aromatic heterocycles. The molecule has 0 aromatic rings. The van der Waals surface area contributed by atoms with Gasteiger partial charge in [0.1, 0.15) is 5.54 Å². The van der Waals surface area contributed by atoms with Crippen molar-refractivity contribution in [2.75, 3.05) is 25.2 Å². The average Bonchev–Trinajstić information content (AvgIpc) is 2.39. The van der Waals surface area contributed by atoms with Crippen LogP contribution in [0.2, 0.25) is 0 Å². The zero-order valence-corrected chi connectivity index (χ0v) is 10.8. The number of carbonyl (C=O) groups excluding carboxylic acids is 1. The van der Waals surface area contributed by atoms with Crippen LogP contribution in [0.5, 0.6) is 0 Å². The third-order valence-corrected chi connectivity index (χ3v) is 4.95. The molecule has 0 radical (unpaired) electrons. The maximum absolute atomic E-state index is 12.1. The van der Waals surface area contributed by atoms with Crippen LogP contribution in [-0.2, 0) is 9.53 Å². The Morgan fingerprint density at radius 2 is 2.12 bits per heavy atom. The second-order valence-corrected chi connectivity index (χ2v) is 5.96. The van der Waals surface area contributed by atoms with E-state index in [1.165, 1.54) is 25.0 Å². The van der Waals surface area contributed by atoms with Crippen molar-refractivity contribution in [1.29, 1.82) is 0 Å². The molecular formula is C12H21NO2S. The van der Waals surface area contributed by atoms with Gasteiger partial charge in [-0.3, -0.25) is 4.79 Å². The number of thioether (sulfide) groups is 1. The summed E-state index contributed by atoms with van der Waals surface area (Å²) in [5.74, 6) is 2.81. The van der Waals surface area contributed by atoms with Gasteiger partial charge < -0.3 is 10.1 Å². The van der Waals surface area contributed by atoms with Crippen LogP contribution in [0.25, 0.3) is 0 Å². The first-order valence-corrected chi connectivity index (χ1v) is 7.36. The molecule has 0 aliphatic carbocycles. The zero-order valence-electron chi connectivity index (χ0n) is 9.96. The normalized spacial score (nSPS) is 32.3. The Hall–Kier alpha value is -0.220. The monoisotopic (exact) mass is 243 g/mol. The second kappa shape index (κ2) is 5.41. The van der Waals surface area contributed by atoms with E-state index in [0.29, 0.717) is 5.92 Å². The fourth-order valence-corrected chi connectivity index (χ4v) is 4.10. The Bertz CT molecular complexity index is 245. The first-order valence-electron chi connectivity index (χ1n) is 6.21. The number of nitrogens with one attached hydrogen (secondary N) is 1.